The minimum atomic E-state index is -0.340. The number of aliphatic hydroxyl groups excluding tert-OH is 1. The average molecular weight is 305 g/mol. The van der Waals surface area contributed by atoms with Gasteiger partial charge in [-0.15, -0.1) is 0 Å². The molecule has 2 nitrogen and oxygen atoms in total. The number of halogens is 2. The lowest BCUT2D eigenvalue weighted by Gasteiger charge is -2.08. The Bertz CT molecular complexity index is 657. The van der Waals surface area contributed by atoms with Gasteiger partial charge in [-0.05, 0) is 42.5 Å². The second kappa shape index (κ2) is 7.68. The van der Waals surface area contributed by atoms with E-state index in [2.05, 4.69) is 11.8 Å². The predicted octanol–water partition coefficient (Wildman–Crippen LogP) is 3.79. The van der Waals surface area contributed by atoms with E-state index in [0.29, 0.717) is 22.8 Å². The summed E-state index contributed by atoms with van der Waals surface area (Å²) in [6, 6.07) is 11.4. The molecule has 0 aliphatic heterocycles. The smallest absolute Gasteiger partial charge is 0.123 e. The van der Waals surface area contributed by atoms with Crippen LogP contribution in [0.25, 0.3) is 0 Å². The molecular weight excluding hydrogens is 291 g/mol. The van der Waals surface area contributed by atoms with Crippen LogP contribution in [-0.2, 0) is 6.61 Å². The topological polar surface area (TPSA) is 29.5 Å². The maximum Gasteiger partial charge on any atom is 0.123 e. The molecule has 2 rings (SSSR count). The fourth-order valence-electron chi connectivity index (χ4n) is 1.67. The minimum absolute atomic E-state index is 0.0581. The number of benzene rings is 2. The Hall–Kier alpha value is -2.02. The fraction of sp³-hybridized carbons (Fsp3) is 0.176. The zero-order valence-electron chi connectivity index (χ0n) is 11.3. The van der Waals surface area contributed by atoms with Crippen molar-refractivity contribution in [2.45, 2.75) is 13.0 Å². The maximum absolute atomic E-state index is 13.1. The fourth-order valence-corrected chi connectivity index (χ4v) is 1.84. The van der Waals surface area contributed by atoms with E-state index < -0.39 is 0 Å². The van der Waals surface area contributed by atoms with Crippen molar-refractivity contribution in [1.82, 2.24) is 0 Å². The first kappa shape index (κ1) is 15.4. The van der Waals surface area contributed by atoms with Gasteiger partial charge in [-0.2, -0.15) is 0 Å². The van der Waals surface area contributed by atoms with Gasteiger partial charge in [0.1, 0.15) is 18.2 Å². The SMILES string of the molecule is OCCC#Cc1ccc(OCc2cc(F)ccc2Cl)cc1. The molecule has 0 spiro atoms. The summed E-state index contributed by atoms with van der Waals surface area (Å²) in [4.78, 5) is 0. The monoisotopic (exact) mass is 304 g/mol. The summed E-state index contributed by atoms with van der Waals surface area (Å²) in [6.45, 7) is 0.259. The highest BCUT2D eigenvalue weighted by atomic mass is 35.5. The van der Waals surface area contributed by atoms with Gasteiger partial charge in [0.15, 0.2) is 0 Å². The van der Waals surface area contributed by atoms with Crippen LogP contribution < -0.4 is 4.74 Å². The summed E-state index contributed by atoms with van der Waals surface area (Å²) >= 11 is 5.97. The molecule has 0 aromatic heterocycles. The first-order valence-corrected chi connectivity index (χ1v) is 6.83. The van der Waals surface area contributed by atoms with Crippen molar-refractivity contribution in [2.75, 3.05) is 6.61 Å². The van der Waals surface area contributed by atoms with Crippen molar-refractivity contribution >= 4 is 11.6 Å². The van der Waals surface area contributed by atoms with Crippen molar-refractivity contribution in [1.29, 1.82) is 0 Å². The van der Waals surface area contributed by atoms with Crippen LogP contribution in [0.15, 0.2) is 42.5 Å². The standard InChI is InChI=1S/C17H14ClFO2/c18-17-9-6-15(19)11-14(17)12-21-16-7-4-13(5-8-16)3-1-2-10-20/h4-9,11,20H,2,10,12H2. The van der Waals surface area contributed by atoms with Crippen LogP contribution in [-0.4, -0.2) is 11.7 Å². The molecule has 0 bridgehead atoms. The highest BCUT2D eigenvalue weighted by Gasteiger charge is 2.03. The van der Waals surface area contributed by atoms with Crippen LogP contribution in [0.5, 0.6) is 5.75 Å². The van der Waals surface area contributed by atoms with Gasteiger partial charge in [0.05, 0.1) is 6.61 Å². The van der Waals surface area contributed by atoms with Crippen LogP contribution in [0.1, 0.15) is 17.5 Å². The van der Waals surface area contributed by atoms with E-state index in [1.54, 1.807) is 12.1 Å². The molecule has 2 aromatic rings. The van der Waals surface area contributed by atoms with Gasteiger partial charge in [0.2, 0.25) is 0 Å². The Balaban J connectivity index is 1.98. The lowest BCUT2D eigenvalue weighted by atomic mass is 10.2. The first-order valence-electron chi connectivity index (χ1n) is 6.45. The molecule has 0 unspecified atom stereocenters. The molecule has 2 aromatic carbocycles. The number of hydrogen-bond acceptors (Lipinski definition) is 2. The van der Waals surface area contributed by atoms with E-state index in [-0.39, 0.29) is 19.0 Å². The summed E-state index contributed by atoms with van der Waals surface area (Å²) in [5.74, 6) is 6.08. The molecule has 0 saturated heterocycles. The summed E-state index contributed by atoms with van der Waals surface area (Å²) in [6.07, 6.45) is 0.455. The van der Waals surface area contributed by atoms with Crippen LogP contribution >= 0.6 is 11.6 Å². The van der Waals surface area contributed by atoms with Crippen molar-refractivity contribution in [3.05, 3.63) is 64.4 Å². The number of rotatable bonds is 4. The maximum atomic E-state index is 13.1. The van der Waals surface area contributed by atoms with Crippen molar-refractivity contribution < 1.29 is 14.2 Å². The molecule has 0 heterocycles. The molecule has 0 fully saturated rings. The first-order chi connectivity index (χ1) is 10.2. The Kier molecular flexibility index (Phi) is 5.62. The lowest BCUT2D eigenvalue weighted by Crippen LogP contribution is -1.97. The van der Waals surface area contributed by atoms with Gasteiger partial charge in [-0.1, -0.05) is 23.4 Å². The third kappa shape index (κ3) is 4.78. The largest absolute Gasteiger partial charge is 0.489 e. The number of aliphatic hydroxyl groups is 1. The lowest BCUT2D eigenvalue weighted by molar-refractivity contribution is 0.305. The zero-order valence-corrected chi connectivity index (χ0v) is 12.0. The van der Waals surface area contributed by atoms with E-state index in [0.717, 1.165) is 5.56 Å². The van der Waals surface area contributed by atoms with Crippen LogP contribution in [0.2, 0.25) is 5.02 Å². The molecule has 0 saturated carbocycles. The predicted molar refractivity (Wildman–Crippen MR) is 80.8 cm³/mol. The molecule has 1 N–H and O–H groups in total. The van der Waals surface area contributed by atoms with E-state index >= 15 is 0 Å². The van der Waals surface area contributed by atoms with E-state index in [9.17, 15) is 4.39 Å². The third-order valence-electron chi connectivity index (χ3n) is 2.73. The summed E-state index contributed by atoms with van der Waals surface area (Å²) in [5.41, 5.74) is 1.45. The van der Waals surface area contributed by atoms with E-state index in [4.69, 9.17) is 21.4 Å². The molecule has 0 aliphatic rings. The second-order valence-corrected chi connectivity index (χ2v) is 4.73. The quantitative estimate of drug-likeness (QED) is 0.871. The molecule has 108 valence electrons. The Labute approximate surface area is 128 Å². The van der Waals surface area contributed by atoms with Crippen molar-refractivity contribution in [2.24, 2.45) is 0 Å². The average Bonchev–Trinajstić information content (AvgIpc) is 2.50. The molecular formula is C17H14ClFO2. The molecule has 0 aliphatic carbocycles. The van der Waals surface area contributed by atoms with Gasteiger partial charge in [-0.3, -0.25) is 0 Å². The molecule has 0 amide bonds. The Morgan fingerprint density at radius 2 is 1.90 bits per heavy atom. The van der Waals surface area contributed by atoms with Gasteiger partial charge >= 0.3 is 0 Å². The number of hydrogen-bond donors (Lipinski definition) is 1. The molecule has 4 heteroatoms. The Morgan fingerprint density at radius 1 is 1.14 bits per heavy atom. The van der Waals surface area contributed by atoms with Gasteiger partial charge in [-0.25, -0.2) is 4.39 Å². The van der Waals surface area contributed by atoms with Gasteiger partial charge in [0.25, 0.3) is 0 Å². The van der Waals surface area contributed by atoms with Gasteiger partial charge in [0, 0.05) is 22.6 Å². The number of ether oxygens (including phenoxy) is 1. The minimum Gasteiger partial charge on any atom is -0.489 e. The van der Waals surface area contributed by atoms with E-state index in [1.165, 1.54) is 18.2 Å². The molecule has 21 heavy (non-hydrogen) atoms. The van der Waals surface area contributed by atoms with Crippen LogP contribution in [0, 0.1) is 17.7 Å². The van der Waals surface area contributed by atoms with Crippen molar-refractivity contribution in [3.63, 3.8) is 0 Å². The normalized spacial score (nSPS) is 9.86. The summed E-state index contributed by atoms with van der Waals surface area (Å²) in [5, 5.41) is 9.12. The Morgan fingerprint density at radius 3 is 2.62 bits per heavy atom. The summed E-state index contributed by atoms with van der Waals surface area (Å²) in [7, 11) is 0. The van der Waals surface area contributed by atoms with E-state index in [1.807, 2.05) is 12.1 Å². The van der Waals surface area contributed by atoms with Crippen LogP contribution in [0.3, 0.4) is 0 Å². The highest BCUT2D eigenvalue weighted by molar-refractivity contribution is 6.31. The third-order valence-corrected chi connectivity index (χ3v) is 3.09. The zero-order chi connectivity index (χ0) is 15.1. The second-order valence-electron chi connectivity index (χ2n) is 4.32. The van der Waals surface area contributed by atoms with Gasteiger partial charge < -0.3 is 9.84 Å². The molecule has 0 radical (unpaired) electrons. The molecule has 0 atom stereocenters. The summed E-state index contributed by atoms with van der Waals surface area (Å²) < 4.78 is 18.7. The van der Waals surface area contributed by atoms with Crippen LogP contribution in [0.4, 0.5) is 4.39 Å². The van der Waals surface area contributed by atoms with Crippen molar-refractivity contribution in [3.8, 4) is 17.6 Å². The highest BCUT2D eigenvalue weighted by Crippen LogP contribution is 2.20.